The van der Waals surface area contributed by atoms with Gasteiger partial charge in [-0.2, -0.15) is 13.2 Å². The Labute approximate surface area is 96.7 Å². The molecule has 17 heavy (non-hydrogen) atoms. The van der Waals surface area contributed by atoms with Crippen LogP contribution in [0.5, 0.6) is 0 Å². The third-order valence-corrected chi connectivity index (χ3v) is 1.99. The summed E-state index contributed by atoms with van der Waals surface area (Å²) >= 11 is 0. The quantitative estimate of drug-likeness (QED) is 0.587. The molecule has 92 valence electrons. The molecule has 0 saturated heterocycles. The van der Waals surface area contributed by atoms with E-state index in [4.69, 9.17) is 0 Å². The predicted octanol–water partition coefficient (Wildman–Crippen LogP) is 3.28. The zero-order valence-electron chi connectivity index (χ0n) is 8.91. The van der Waals surface area contributed by atoms with Crippen LogP contribution in [0.1, 0.15) is 17.5 Å². The number of carbonyl (C=O) groups excluding carboxylic acids is 1. The molecule has 0 aliphatic heterocycles. The first-order chi connectivity index (χ1) is 8.04. The highest BCUT2D eigenvalue weighted by Gasteiger charge is 2.30. The average molecular weight is 244 g/mol. The zero-order valence-corrected chi connectivity index (χ0v) is 8.91. The Morgan fingerprint density at radius 2 is 2.06 bits per heavy atom. The molecule has 0 radical (unpaired) electrons. The SMILES string of the molecule is O=COCC/C=C/c1cccc(C(F)(F)F)c1. The van der Waals surface area contributed by atoms with E-state index in [0.717, 1.165) is 12.1 Å². The van der Waals surface area contributed by atoms with E-state index in [9.17, 15) is 18.0 Å². The lowest BCUT2D eigenvalue weighted by molar-refractivity contribution is -0.137. The molecule has 1 rings (SSSR count). The van der Waals surface area contributed by atoms with Crippen molar-refractivity contribution in [1.82, 2.24) is 0 Å². The summed E-state index contributed by atoms with van der Waals surface area (Å²) < 4.78 is 41.6. The van der Waals surface area contributed by atoms with Gasteiger partial charge in [0.1, 0.15) is 0 Å². The molecule has 0 atom stereocenters. The summed E-state index contributed by atoms with van der Waals surface area (Å²) in [5.41, 5.74) is -0.213. The van der Waals surface area contributed by atoms with Crippen molar-refractivity contribution in [3.8, 4) is 0 Å². The molecule has 0 aromatic heterocycles. The maximum atomic E-state index is 12.4. The minimum absolute atomic E-state index is 0.221. The van der Waals surface area contributed by atoms with Crippen molar-refractivity contribution < 1.29 is 22.7 Å². The van der Waals surface area contributed by atoms with Gasteiger partial charge >= 0.3 is 6.18 Å². The summed E-state index contributed by atoms with van der Waals surface area (Å²) in [5.74, 6) is 0. The van der Waals surface area contributed by atoms with Gasteiger partial charge in [0, 0.05) is 0 Å². The fourth-order valence-electron chi connectivity index (χ4n) is 1.22. The van der Waals surface area contributed by atoms with Gasteiger partial charge in [-0.05, 0) is 24.1 Å². The standard InChI is InChI=1S/C12H11F3O2/c13-12(14,15)11-6-3-5-10(8-11)4-1-2-7-17-9-16/h1,3-6,8-9H,2,7H2/b4-1+. The van der Waals surface area contributed by atoms with Crippen molar-refractivity contribution in [3.63, 3.8) is 0 Å². The number of rotatable bonds is 5. The maximum Gasteiger partial charge on any atom is 0.416 e. The Hall–Kier alpha value is -1.78. The lowest BCUT2D eigenvalue weighted by atomic mass is 10.1. The summed E-state index contributed by atoms with van der Waals surface area (Å²) in [6.45, 7) is 0.553. The average Bonchev–Trinajstić information content (AvgIpc) is 2.28. The van der Waals surface area contributed by atoms with Gasteiger partial charge in [-0.3, -0.25) is 4.79 Å². The monoisotopic (exact) mass is 244 g/mol. The van der Waals surface area contributed by atoms with Gasteiger partial charge in [0.05, 0.1) is 12.2 Å². The number of halogens is 3. The van der Waals surface area contributed by atoms with E-state index in [1.807, 2.05) is 0 Å². The van der Waals surface area contributed by atoms with Crippen LogP contribution in [0.4, 0.5) is 13.2 Å². The number of alkyl halides is 3. The molecule has 0 heterocycles. The van der Waals surface area contributed by atoms with Gasteiger partial charge in [-0.25, -0.2) is 0 Å². The van der Waals surface area contributed by atoms with Crippen LogP contribution < -0.4 is 0 Å². The Morgan fingerprint density at radius 3 is 2.71 bits per heavy atom. The van der Waals surface area contributed by atoms with Crippen LogP contribution in [0.3, 0.4) is 0 Å². The fourth-order valence-corrected chi connectivity index (χ4v) is 1.22. The van der Waals surface area contributed by atoms with Gasteiger partial charge in [0.2, 0.25) is 0 Å². The topological polar surface area (TPSA) is 26.3 Å². The summed E-state index contributed by atoms with van der Waals surface area (Å²) in [5, 5.41) is 0. The van der Waals surface area contributed by atoms with Gasteiger partial charge in [0.15, 0.2) is 0 Å². The largest absolute Gasteiger partial charge is 0.468 e. The second-order valence-electron chi connectivity index (χ2n) is 3.28. The number of hydrogen-bond donors (Lipinski definition) is 0. The lowest BCUT2D eigenvalue weighted by Crippen LogP contribution is -2.04. The predicted molar refractivity (Wildman–Crippen MR) is 57.1 cm³/mol. The smallest absolute Gasteiger partial charge is 0.416 e. The summed E-state index contributed by atoms with van der Waals surface area (Å²) in [6, 6.07) is 5.01. The highest BCUT2D eigenvalue weighted by atomic mass is 19.4. The molecule has 0 unspecified atom stereocenters. The van der Waals surface area contributed by atoms with E-state index in [-0.39, 0.29) is 6.61 Å². The molecule has 0 aliphatic carbocycles. The number of benzene rings is 1. The van der Waals surface area contributed by atoms with Crippen molar-refractivity contribution >= 4 is 12.5 Å². The minimum atomic E-state index is -4.33. The van der Waals surface area contributed by atoms with Crippen LogP contribution in [-0.2, 0) is 15.7 Å². The van der Waals surface area contributed by atoms with E-state index in [1.54, 1.807) is 18.2 Å². The second-order valence-corrected chi connectivity index (χ2v) is 3.28. The molecular formula is C12H11F3O2. The number of ether oxygens (including phenoxy) is 1. The Morgan fingerprint density at radius 1 is 1.29 bits per heavy atom. The molecule has 0 fully saturated rings. The van der Waals surface area contributed by atoms with Crippen molar-refractivity contribution in [2.45, 2.75) is 12.6 Å². The highest BCUT2D eigenvalue weighted by molar-refractivity contribution is 5.50. The molecule has 1 aromatic carbocycles. The van der Waals surface area contributed by atoms with E-state index in [0.29, 0.717) is 18.5 Å². The fraction of sp³-hybridized carbons (Fsp3) is 0.250. The van der Waals surface area contributed by atoms with Crippen LogP contribution in [0.25, 0.3) is 6.08 Å². The summed E-state index contributed by atoms with van der Waals surface area (Å²) in [7, 11) is 0. The lowest BCUT2D eigenvalue weighted by Gasteiger charge is -2.06. The minimum Gasteiger partial charge on any atom is -0.468 e. The molecule has 0 aliphatic rings. The van der Waals surface area contributed by atoms with Gasteiger partial charge in [-0.1, -0.05) is 24.3 Å². The molecule has 0 amide bonds. The molecular weight excluding hydrogens is 233 g/mol. The molecule has 0 spiro atoms. The van der Waals surface area contributed by atoms with Crippen molar-refractivity contribution in [2.75, 3.05) is 6.61 Å². The Bertz CT molecular complexity index is 397. The first-order valence-corrected chi connectivity index (χ1v) is 4.93. The number of hydrogen-bond acceptors (Lipinski definition) is 2. The third kappa shape index (κ3) is 4.72. The molecule has 2 nitrogen and oxygen atoms in total. The first-order valence-electron chi connectivity index (χ1n) is 4.93. The first kappa shape index (κ1) is 13.3. The maximum absolute atomic E-state index is 12.4. The van der Waals surface area contributed by atoms with Crippen LogP contribution in [0, 0.1) is 0 Å². The van der Waals surface area contributed by atoms with Gasteiger partial charge < -0.3 is 4.74 Å². The molecule has 0 saturated carbocycles. The second kappa shape index (κ2) is 6.08. The molecule has 5 heteroatoms. The molecule has 1 aromatic rings. The van der Waals surface area contributed by atoms with Crippen LogP contribution in [0.2, 0.25) is 0 Å². The Balaban J connectivity index is 2.63. The normalized spacial score (nSPS) is 11.7. The van der Waals surface area contributed by atoms with Crippen LogP contribution in [0.15, 0.2) is 30.3 Å². The van der Waals surface area contributed by atoms with E-state index in [1.165, 1.54) is 6.07 Å². The summed E-state index contributed by atoms with van der Waals surface area (Å²) in [6.07, 6.45) is -0.651. The highest BCUT2D eigenvalue weighted by Crippen LogP contribution is 2.29. The Kier molecular flexibility index (Phi) is 4.75. The van der Waals surface area contributed by atoms with E-state index >= 15 is 0 Å². The van der Waals surface area contributed by atoms with E-state index in [2.05, 4.69) is 4.74 Å². The van der Waals surface area contributed by atoms with Crippen LogP contribution in [-0.4, -0.2) is 13.1 Å². The van der Waals surface area contributed by atoms with Crippen LogP contribution >= 0.6 is 0 Å². The zero-order chi connectivity index (χ0) is 12.7. The molecule has 0 N–H and O–H groups in total. The van der Waals surface area contributed by atoms with Crippen molar-refractivity contribution in [2.24, 2.45) is 0 Å². The van der Waals surface area contributed by atoms with E-state index < -0.39 is 11.7 Å². The third-order valence-electron chi connectivity index (χ3n) is 1.99. The molecule has 0 bridgehead atoms. The van der Waals surface area contributed by atoms with Crippen molar-refractivity contribution in [3.05, 3.63) is 41.5 Å². The number of carbonyl (C=O) groups is 1. The van der Waals surface area contributed by atoms with Crippen molar-refractivity contribution in [1.29, 1.82) is 0 Å². The summed E-state index contributed by atoms with van der Waals surface area (Å²) in [4.78, 5) is 9.82. The van der Waals surface area contributed by atoms with Gasteiger partial charge in [0.25, 0.3) is 6.47 Å². The van der Waals surface area contributed by atoms with Gasteiger partial charge in [-0.15, -0.1) is 0 Å².